The van der Waals surface area contributed by atoms with E-state index in [9.17, 15) is 19.3 Å². The lowest BCUT2D eigenvalue weighted by Crippen LogP contribution is -2.15. The number of carbonyl (C=O) groups is 1. The summed E-state index contributed by atoms with van der Waals surface area (Å²) in [6, 6.07) is 18.3. The number of fused-ring (bicyclic) bond motifs is 5. The standard InChI is InChI=1S/C22H14FN5O3S/c23-13-9-10-17(19(11-13)28(30)31)24-20(29)12-32-22-26-15-6-2-1-5-14(15)21-25-16-7-3-4-8-18(16)27(21)22/h1-11H,12H2,(H,24,29). The number of nitrogens with one attached hydrogen (secondary N) is 1. The van der Waals surface area contributed by atoms with Crippen molar-refractivity contribution >= 4 is 56.6 Å². The monoisotopic (exact) mass is 447 g/mol. The Balaban J connectivity index is 1.49. The first-order valence-corrected chi connectivity index (χ1v) is 10.5. The molecular formula is C22H14FN5O3S. The minimum atomic E-state index is -0.751. The van der Waals surface area contributed by atoms with Crippen LogP contribution in [0.4, 0.5) is 15.8 Å². The van der Waals surface area contributed by atoms with Gasteiger partial charge in [-0.15, -0.1) is 0 Å². The van der Waals surface area contributed by atoms with Gasteiger partial charge < -0.3 is 5.32 Å². The Labute approximate surface area is 184 Å². The van der Waals surface area contributed by atoms with E-state index in [0.717, 1.165) is 39.7 Å². The lowest BCUT2D eigenvalue weighted by atomic mass is 10.2. The van der Waals surface area contributed by atoms with Gasteiger partial charge in [-0.05, 0) is 36.4 Å². The summed E-state index contributed by atoms with van der Waals surface area (Å²) in [6.07, 6.45) is 0. The molecule has 0 saturated heterocycles. The second kappa shape index (κ2) is 7.89. The molecule has 2 aromatic heterocycles. The quantitative estimate of drug-likeness (QED) is 0.179. The van der Waals surface area contributed by atoms with Crippen LogP contribution >= 0.6 is 11.8 Å². The third-order valence-corrected chi connectivity index (χ3v) is 5.81. The molecule has 0 atom stereocenters. The number of amides is 1. The van der Waals surface area contributed by atoms with Crippen molar-refractivity contribution in [3.8, 4) is 0 Å². The zero-order valence-corrected chi connectivity index (χ0v) is 17.2. The highest BCUT2D eigenvalue weighted by Crippen LogP contribution is 2.30. The smallest absolute Gasteiger partial charge is 0.295 e. The molecular weight excluding hydrogens is 433 g/mol. The normalized spacial score (nSPS) is 11.3. The van der Waals surface area contributed by atoms with Crippen LogP contribution in [0.25, 0.3) is 27.6 Å². The van der Waals surface area contributed by atoms with E-state index < -0.39 is 22.3 Å². The fraction of sp³-hybridized carbons (Fsp3) is 0.0455. The molecule has 2 heterocycles. The molecule has 1 amide bonds. The first-order chi connectivity index (χ1) is 15.5. The van der Waals surface area contributed by atoms with Crippen LogP contribution in [0.3, 0.4) is 0 Å². The van der Waals surface area contributed by atoms with E-state index in [1.807, 2.05) is 52.9 Å². The molecule has 10 heteroatoms. The summed E-state index contributed by atoms with van der Waals surface area (Å²) in [5, 5.41) is 15.1. The maximum absolute atomic E-state index is 13.3. The van der Waals surface area contributed by atoms with Gasteiger partial charge in [-0.2, -0.15) is 0 Å². The molecule has 0 unspecified atom stereocenters. The average molecular weight is 447 g/mol. The van der Waals surface area contributed by atoms with Crippen LogP contribution < -0.4 is 5.32 Å². The van der Waals surface area contributed by atoms with Crippen LogP contribution in [0.5, 0.6) is 0 Å². The van der Waals surface area contributed by atoms with E-state index in [1.165, 1.54) is 17.8 Å². The van der Waals surface area contributed by atoms with Crippen molar-refractivity contribution in [1.82, 2.24) is 14.4 Å². The Morgan fingerprint density at radius 1 is 1.06 bits per heavy atom. The Hall–Kier alpha value is -4.05. The van der Waals surface area contributed by atoms with E-state index in [1.54, 1.807) is 0 Å². The molecule has 0 fully saturated rings. The number of nitro groups is 1. The number of imidazole rings is 1. The average Bonchev–Trinajstić information content (AvgIpc) is 3.19. The molecule has 0 spiro atoms. The van der Waals surface area contributed by atoms with Gasteiger partial charge in [-0.25, -0.2) is 14.4 Å². The molecule has 0 bridgehead atoms. The van der Waals surface area contributed by atoms with Crippen molar-refractivity contribution in [1.29, 1.82) is 0 Å². The van der Waals surface area contributed by atoms with Crippen LogP contribution in [0.1, 0.15) is 0 Å². The van der Waals surface area contributed by atoms with Gasteiger partial charge in [0.15, 0.2) is 5.16 Å². The highest BCUT2D eigenvalue weighted by Gasteiger charge is 2.19. The number of nitrogens with zero attached hydrogens (tertiary/aromatic N) is 4. The SMILES string of the molecule is O=C(CSc1nc2ccccc2c2nc3ccccc3n12)Nc1ccc(F)cc1[N+](=O)[O-]. The number of thioether (sulfide) groups is 1. The zero-order valence-electron chi connectivity index (χ0n) is 16.4. The highest BCUT2D eigenvalue weighted by molar-refractivity contribution is 7.99. The second-order valence-corrected chi connectivity index (χ2v) is 7.87. The van der Waals surface area contributed by atoms with E-state index in [-0.39, 0.29) is 11.4 Å². The predicted octanol–water partition coefficient (Wildman–Crippen LogP) is 4.81. The van der Waals surface area contributed by atoms with Crippen molar-refractivity contribution in [2.75, 3.05) is 11.1 Å². The highest BCUT2D eigenvalue weighted by atomic mass is 32.2. The van der Waals surface area contributed by atoms with Crippen LogP contribution in [0, 0.1) is 15.9 Å². The zero-order chi connectivity index (χ0) is 22.2. The fourth-order valence-corrected chi connectivity index (χ4v) is 4.30. The fourth-order valence-electron chi connectivity index (χ4n) is 3.49. The van der Waals surface area contributed by atoms with Crippen LogP contribution in [0.2, 0.25) is 0 Å². The molecule has 0 aliphatic heterocycles. The molecule has 0 aliphatic rings. The summed E-state index contributed by atoms with van der Waals surface area (Å²) < 4.78 is 15.2. The number of para-hydroxylation sites is 3. The molecule has 32 heavy (non-hydrogen) atoms. The van der Waals surface area contributed by atoms with E-state index in [0.29, 0.717) is 5.16 Å². The van der Waals surface area contributed by atoms with Crippen LogP contribution in [-0.4, -0.2) is 31.0 Å². The Morgan fingerprint density at radius 3 is 2.62 bits per heavy atom. The predicted molar refractivity (Wildman–Crippen MR) is 120 cm³/mol. The Morgan fingerprint density at radius 2 is 1.81 bits per heavy atom. The number of benzene rings is 3. The van der Waals surface area contributed by atoms with Gasteiger partial charge in [-0.3, -0.25) is 19.3 Å². The molecule has 3 aromatic carbocycles. The topological polar surface area (TPSA) is 102 Å². The number of hydrogen-bond donors (Lipinski definition) is 1. The van der Waals surface area contributed by atoms with Gasteiger partial charge in [0.2, 0.25) is 5.91 Å². The third kappa shape index (κ3) is 3.50. The molecule has 1 N–H and O–H groups in total. The number of anilines is 1. The summed E-state index contributed by atoms with van der Waals surface area (Å²) in [4.78, 5) is 32.4. The number of carbonyl (C=O) groups excluding carboxylic acids is 1. The third-order valence-electron chi connectivity index (χ3n) is 4.88. The molecule has 0 aliphatic carbocycles. The Kier molecular flexibility index (Phi) is 4.91. The largest absolute Gasteiger partial charge is 0.320 e. The maximum Gasteiger partial charge on any atom is 0.295 e. The van der Waals surface area contributed by atoms with Gasteiger partial charge in [0.25, 0.3) is 5.69 Å². The lowest BCUT2D eigenvalue weighted by molar-refractivity contribution is -0.384. The summed E-state index contributed by atoms with van der Waals surface area (Å²) in [7, 11) is 0. The van der Waals surface area contributed by atoms with Crippen molar-refractivity contribution in [3.05, 3.63) is 82.7 Å². The summed E-state index contributed by atoms with van der Waals surface area (Å²) in [5.41, 5.74) is 2.57. The lowest BCUT2D eigenvalue weighted by Gasteiger charge is -2.09. The molecule has 158 valence electrons. The van der Waals surface area contributed by atoms with Gasteiger partial charge in [0.1, 0.15) is 17.2 Å². The summed E-state index contributed by atoms with van der Waals surface area (Å²) in [6.45, 7) is 0. The van der Waals surface area contributed by atoms with Gasteiger partial charge in [0.05, 0.1) is 33.3 Å². The van der Waals surface area contributed by atoms with Crippen molar-refractivity contribution in [2.24, 2.45) is 0 Å². The van der Waals surface area contributed by atoms with E-state index in [4.69, 9.17) is 9.97 Å². The Bertz CT molecular complexity index is 1530. The number of hydrogen-bond acceptors (Lipinski definition) is 6. The number of nitro benzene ring substituents is 1. The molecule has 5 aromatic rings. The van der Waals surface area contributed by atoms with Crippen LogP contribution in [-0.2, 0) is 4.79 Å². The number of aromatic nitrogens is 3. The molecule has 8 nitrogen and oxygen atoms in total. The number of halogens is 1. The van der Waals surface area contributed by atoms with Gasteiger partial charge in [0, 0.05) is 5.39 Å². The molecule has 5 rings (SSSR count). The van der Waals surface area contributed by atoms with Crippen molar-refractivity contribution < 1.29 is 14.1 Å². The van der Waals surface area contributed by atoms with Crippen molar-refractivity contribution in [2.45, 2.75) is 5.16 Å². The van der Waals surface area contributed by atoms with Gasteiger partial charge in [-0.1, -0.05) is 36.0 Å². The number of rotatable bonds is 5. The van der Waals surface area contributed by atoms with Crippen molar-refractivity contribution in [3.63, 3.8) is 0 Å². The first-order valence-electron chi connectivity index (χ1n) is 9.54. The van der Waals surface area contributed by atoms with Gasteiger partial charge >= 0.3 is 0 Å². The second-order valence-electron chi connectivity index (χ2n) is 6.93. The molecule has 0 radical (unpaired) electrons. The van der Waals surface area contributed by atoms with Crippen LogP contribution in [0.15, 0.2) is 71.9 Å². The minimum Gasteiger partial charge on any atom is -0.320 e. The van der Waals surface area contributed by atoms with E-state index in [2.05, 4.69) is 5.32 Å². The minimum absolute atomic E-state index is 0.0541. The summed E-state index contributed by atoms with van der Waals surface area (Å²) >= 11 is 1.18. The first kappa shape index (κ1) is 19.9. The van der Waals surface area contributed by atoms with E-state index >= 15 is 0 Å². The molecule has 0 saturated carbocycles. The summed E-state index contributed by atoms with van der Waals surface area (Å²) in [5.74, 6) is -1.28. The maximum atomic E-state index is 13.3.